The summed E-state index contributed by atoms with van der Waals surface area (Å²) >= 11 is 0. The van der Waals surface area contributed by atoms with Crippen molar-refractivity contribution in [2.75, 3.05) is 36.8 Å². The van der Waals surface area contributed by atoms with E-state index in [-0.39, 0.29) is 12.5 Å². The highest BCUT2D eigenvalue weighted by atomic mass is 16.2. The van der Waals surface area contributed by atoms with Crippen LogP contribution in [0.2, 0.25) is 0 Å². The fourth-order valence-corrected chi connectivity index (χ4v) is 3.43. The molecule has 0 aliphatic carbocycles. The minimum atomic E-state index is -0.00602. The van der Waals surface area contributed by atoms with Crippen molar-refractivity contribution in [2.24, 2.45) is 0 Å². The van der Waals surface area contributed by atoms with Gasteiger partial charge in [0.25, 0.3) is 0 Å². The first-order chi connectivity index (χ1) is 12.7. The van der Waals surface area contributed by atoms with Crippen molar-refractivity contribution < 1.29 is 4.79 Å². The maximum Gasteiger partial charge on any atom is 0.244 e. The Morgan fingerprint density at radius 1 is 1.15 bits per heavy atom. The second-order valence-corrected chi connectivity index (χ2v) is 6.42. The molecular weight excluding hydrogens is 334 g/mol. The summed E-state index contributed by atoms with van der Waals surface area (Å²) in [6, 6.07) is 0. The summed E-state index contributed by atoms with van der Waals surface area (Å²) in [5.41, 5.74) is 8.00. The van der Waals surface area contributed by atoms with Crippen LogP contribution in [-0.4, -0.2) is 67.2 Å². The van der Waals surface area contributed by atoms with Gasteiger partial charge in [0.2, 0.25) is 11.9 Å². The molecule has 2 N–H and O–H groups in total. The zero-order valence-electron chi connectivity index (χ0n) is 14.5. The molecule has 10 nitrogen and oxygen atoms in total. The van der Waals surface area contributed by atoms with Crippen LogP contribution in [0, 0.1) is 0 Å². The van der Waals surface area contributed by atoms with Gasteiger partial charge in [0.15, 0.2) is 0 Å². The third kappa shape index (κ3) is 3.35. The number of aromatic nitrogens is 6. The maximum atomic E-state index is 12.6. The number of hydrogen-bond acceptors (Lipinski definition) is 8. The van der Waals surface area contributed by atoms with E-state index < -0.39 is 0 Å². The molecule has 0 bridgehead atoms. The Bertz CT molecular complexity index is 817. The average Bonchev–Trinajstić information content (AvgIpc) is 3.06. The van der Waals surface area contributed by atoms with E-state index in [9.17, 15) is 4.79 Å². The highest BCUT2D eigenvalue weighted by Gasteiger charge is 2.25. The van der Waals surface area contributed by atoms with Crippen LogP contribution in [0.1, 0.15) is 17.7 Å². The standard InChI is InChI=1S/C16H21N9O/c17-16-19-13-5-9-23(14(26)10-25-11-18-21-22-25)8-4-12(13)15(20-16)24-6-2-1-3-7-24/h1-2,11H,3-10H2,(H2,17,19,20). The molecule has 0 saturated heterocycles. The zero-order valence-corrected chi connectivity index (χ0v) is 14.5. The van der Waals surface area contributed by atoms with Crippen LogP contribution in [0.5, 0.6) is 0 Å². The third-order valence-corrected chi connectivity index (χ3v) is 4.74. The quantitative estimate of drug-likeness (QED) is 0.728. The molecule has 0 unspecified atom stereocenters. The van der Waals surface area contributed by atoms with E-state index in [4.69, 9.17) is 5.73 Å². The van der Waals surface area contributed by atoms with Crippen LogP contribution in [0.4, 0.5) is 11.8 Å². The van der Waals surface area contributed by atoms with Crippen molar-refractivity contribution in [2.45, 2.75) is 25.8 Å². The second kappa shape index (κ2) is 7.06. The Balaban J connectivity index is 1.53. The number of anilines is 2. The summed E-state index contributed by atoms with van der Waals surface area (Å²) in [5, 5.41) is 10.9. The molecule has 1 amide bonds. The molecule has 2 aliphatic heterocycles. The number of carbonyl (C=O) groups excluding carboxylic acids is 1. The lowest BCUT2D eigenvalue weighted by molar-refractivity contribution is -0.132. The minimum Gasteiger partial charge on any atom is -0.368 e. The number of tetrazole rings is 1. The van der Waals surface area contributed by atoms with Crippen LogP contribution < -0.4 is 10.6 Å². The van der Waals surface area contributed by atoms with Gasteiger partial charge in [-0.3, -0.25) is 4.79 Å². The van der Waals surface area contributed by atoms with Crippen LogP contribution in [0.25, 0.3) is 0 Å². The summed E-state index contributed by atoms with van der Waals surface area (Å²) in [6.45, 7) is 3.11. The Kier molecular flexibility index (Phi) is 4.46. The predicted octanol–water partition coefficient (Wildman–Crippen LogP) is -0.561. The highest BCUT2D eigenvalue weighted by molar-refractivity contribution is 5.76. The number of nitrogens with zero attached hydrogens (tertiary/aromatic N) is 8. The van der Waals surface area contributed by atoms with E-state index in [0.29, 0.717) is 31.9 Å². The van der Waals surface area contributed by atoms with Gasteiger partial charge in [0, 0.05) is 38.2 Å². The van der Waals surface area contributed by atoms with Gasteiger partial charge in [-0.25, -0.2) is 9.67 Å². The Morgan fingerprint density at radius 2 is 2.04 bits per heavy atom. The van der Waals surface area contributed by atoms with E-state index in [0.717, 1.165) is 36.6 Å². The molecule has 0 aromatic carbocycles. The van der Waals surface area contributed by atoms with Gasteiger partial charge in [0.05, 0.1) is 5.69 Å². The van der Waals surface area contributed by atoms with Crippen molar-refractivity contribution in [3.63, 3.8) is 0 Å². The zero-order chi connectivity index (χ0) is 17.9. The summed E-state index contributed by atoms with van der Waals surface area (Å²) in [6.07, 6.45) is 8.15. The number of carbonyl (C=O) groups is 1. The van der Waals surface area contributed by atoms with Gasteiger partial charge < -0.3 is 15.5 Å². The van der Waals surface area contributed by atoms with E-state index in [1.54, 1.807) is 0 Å². The smallest absolute Gasteiger partial charge is 0.244 e. The number of hydrogen-bond donors (Lipinski definition) is 1. The lowest BCUT2D eigenvalue weighted by Crippen LogP contribution is -2.36. The average molecular weight is 355 g/mol. The maximum absolute atomic E-state index is 12.6. The van der Waals surface area contributed by atoms with Gasteiger partial charge in [0.1, 0.15) is 18.7 Å². The largest absolute Gasteiger partial charge is 0.368 e. The molecule has 4 rings (SSSR count). The molecule has 0 radical (unpaired) electrons. The molecule has 0 spiro atoms. The molecule has 0 saturated carbocycles. The summed E-state index contributed by atoms with van der Waals surface area (Å²) < 4.78 is 1.43. The molecule has 26 heavy (non-hydrogen) atoms. The van der Waals surface area contributed by atoms with Crippen molar-refractivity contribution in [1.82, 2.24) is 35.1 Å². The van der Waals surface area contributed by atoms with Crippen molar-refractivity contribution in [3.8, 4) is 0 Å². The first kappa shape index (κ1) is 16.4. The highest BCUT2D eigenvalue weighted by Crippen LogP contribution is 2.26. The number of rotatable bonds is 3. The van der Waals surface area contributed by atoms with Gasteiger partial charge in [-0.15, -0.1) is 5.10 Å². The first-order valence-corrected chi connectivity index (χ1v) is 8.74. The number of nitrogen functional groups attached to an aromatic ring is 1. The predicted molar refractivity (Wildman–Crippen MR) is 94.2 cm³/mol. The summed E-state index contributed by atoms with van der Waals surface area (Å²) in [4.78, 5) is 25.6. The number of nitrogens with two attached hydrogens (primary N) is 1. The van der Waals surface area contributed by atoms with E-state index >= 15 is 0 Å². The van der Waals surface area contributed by atoms with Crippen molar-refractivity contribution in [1.29, 1.82) is 0 Å². The third-order valence-electron chi connectivity index (χ3n) is 4.74. The monoisotopic (exact) mass is 355 g/mol. The van der Waals surface area contributed by atoms with E-state index in [1.165, 1.54) is 11.0 Å². The SMILES string of the molecule is Nc1nc2c(c(N3CC=CCC3)n1)CCN(C(=O)Cn1cnnn1)CC2. The molecule has 10 heteroatoms. The molecule has 2 aliphatic rings. The summed E-state index contributed by atoms with van der Waals surface area (Å²) in [5.74, 6) is 1.20. The van der Waals surface area contributed by atoms with E-state index in [2.05, 4.69) is 42.5 Å². The fourth-order valence-electron chi connectivity index (χ4n) is 3.43. The fraction of sp³-hybridized carbons (Fsp3) is 0.500. The van der Waals surface area contributed by atoms with Crippen LogP contribution in [0.15, 0.2) is 18.5 Å². The molecule has 2 aromatic rings. The van der Waals surface area contributed by atoms with E-state index in [1.807, 2.05) is 4.90 Å². The Labute approximate surface area is 150 Å². The molecule has 2 aromatic heterocycles. The van der Waals surface area contributed by atoms with Crippen LogP contribution >= 0.6 is 0 Å². The molecule has 136 valence electrons. The minimum absolute atomic E-state index is 0.00602. The van der Waals surface area contributed by atoms with Gasteiger partial charge >= 0.3 is 0 Å². The summed E-state index contributed by atoms with van der Waals surface area (Å²) in [7, 11) is 0. The molecule has 4 heterocycles. The van der Waals surface area contributed by atoms with Crippen LogP contribution in [0.3, 0.4) is 0 Å². The normalized spacial score (nSPS) is 17.1. The Morgan fingerprint density at radius 3 is 2.81 bits per heavy atom. The number of fused-ring (bicyclic) bond motifs is 1. The van der Waals surface area contributed by atoms with Gasteiger partial charge in [-0.2, -0.15) is 4.98 Å². The van der Waals surface area contributed by atoms with Crippen LogP contribution in [-0.2, 0) is 24.2 Å². The van der Waals surface area contributed by atoms with Gasteiger partial charge in [-0.05, 0) is 23.3 Å². The molecular formula is C16H21N9O. The van der Waals surface area contributed by atoms with Gasteiger partial charge in [-0.1, -0.05) is 12.2 Å². The molecule has 0 fully saturated rings. The first-order valence-electron chi connectivity index (χ1n) is 8.74. The lowest BCUT2D eigenvalue weighted by atomic mass is 10.1. The Hall–Kier alpha value is -3.04. The topological polar surface area (TPSA) is 119 Å². The second-order valence-electron chi connectivity index (χ2n) is 6.42. The van der Waals surface area contributed by atoms with Crippen molar-refractivity contribution >= 4 is 17.7 Å². The lowest BCUT2D eigenvalue weighted by Gasteiger charge is -2.27. The molecule has 0 atom stereocenters. The van der Waals surface area contributed by atoms with Crippen molar-refractivity contribution in [3.05, 3.63) is 29.7 Å². The number of amides is 1.